The van der Waals surface area contributed by atoms with Crippen LogP contribution in [0.25, 0.3) is 23.0 Å². The highest BCUT2D eigenvalue weighted by molar-refractivity contribution is 5.90. The molecule has 0 saturated carbocycles. The molecule has 0 fully saturated rings. The van der Waals surface area contributed by atoms with E-state index in [1.165, 1.54) is 0 Å². The van der Waals surface area contributed by atoms with Crippen molar-refractivity contribution in [3.8, 4) is 22.9 Å². The number of aliphatic carboxylic acids is 1. The van der Waals surface area contributed by atoms with Crippen molar-refractivity contribution in [3.63, 3.8) is 0 Å². The number of benzene rings is 2. The van der Waals surface area contributed by atoms with Gasteiger partial charge in [-0.1, -0.05) is 28.9 Å². The van der Waals surface area contributed by atoms with E-state index in [2.05, 4.69) is 10.1 Å². The maximum absolute atomic E-state index is 11.4. The molecule has 0 spiro atoms. The molecule has 0 aliphatic rings. The quantitative estimate of drug-likeness (QED) is 0.635. The van der Waals surface area contributed by atoms with E-state index >= 15 is 0 Å². The number of carboxylic acid groups (broad SMARTS) is 1. The third-order valence-corrected chi connectivity index (χ3v) is 4.45. The summed E-state index contributed by atoms with van der Waals surface area (Å²) in [6, 6.07) is 11.2. The number of nitrogens with zero attached hydrogens (tertiary/aromatic N) is 2. The first kappa shape index (κ1) is 20.1. The molecule has 0 radical (unpaired) electrons. The zero-order valence-corrected chi connectivity index (χ0v) is 16.7. The standard InChI is InChI=1S/C22H22N2O5/c1-13-5-6-14(2)16(9-13)10-17(12-20(25)26)22-23-21(24-29-22)15-7-8-18(27-3)19(11-15)28-4/h5-11H,12H2,1-4H3,(H,25,26)/b17-10+. The van der Waals surface area contributed by atoms with Crippen LogP contribution in [0.1, 0.15) is 29.0 Å². The van der Waals surface area contributed by atoms with Crippen LogP contribution in [0.3, 0.4) is 0 Å². The monoisotopic (exact) mass is 394 g/mol. The molecule has 150 valence electrons. The Bertz CT molecular complexity index is 1070. The Morgan fingerprint density at radius 2 is 1.86 bits per heavy atom. The van der Waals surface area contributed by atoms with Crippen molar-refractivity contribution in [3.05, 3.63) is 59.0 Å². The molecule has 3 aromatic rings. The van der Waals surface area contributed by atoms with Crippen LogP contribution in [0, 0.1) is 13.8 Å². The lowest BCUT2D eigenvalue weighted by Crippen LogP contribution is -1.98. The summed E-state index contributed by atoms with van der Waals surface area (Å²) in [7, 11) is 3.10. The highest BCUT2D eigenvalue weighted by Gasteiger charge is 2.17. The lowest BCUT2D eigenvalue weighted by atomic mass is 10.0. The Kier molecular flexibility index (Phi) is 5.97. The summed E-state index contributed by atoms with van der Waals surface area (Å²) < 4.78 is 15.9. The molecule has 29 heavy (non-hydrogen) atoms. The minimum atomic E-state index is -0.979. The molecular formula is C22H22N2O5. The van der Waals surface area contributed by atoms with Crippen LogP contribution in [0.2, 0.25) is 0 Å². The smallest absolute Gasteiger partial charge is 0.308 e. The third-order valence-electron chi connectivity index (χ3n) is 4.45. The van der Waals surface area contributed by atoms with E-state index in [-0.39, 0.29) is 12.3 Å². The molecule has 7 nitrogen and oxygen atoms in total. The van der Waals surface area contributed by atoms with Crippen molar-refractivity contribution in [2.75, 3.05) is 14.2 Å². The second-order valence-electron chi connectivity index (χ2n) is 6.59. The molecule has 0 bridgehead atoms. The normalized spacial score (nSPS) is 11.4. The number of methoxy groups -OCH3 is 2. The van der Waals surface area contributed by atoms with Crippen LogP contribution < -0.4 is 9.47 Å². The molecule has 0 aliphatic heterocycles. The van der Waals surface area contributed by atoms with Crippen molar-refractivity contribution < 1.29 is 23.9 Å². The molecule has 1 N–H and O–H groups in total. The fourth-order valence-corrected chi connectivity index (χ4v) is 2.90. The van der Waals surface area contributed by atoms with Gasteiger partial charge in [0, 0.05) is 11.1 Å². The molecule has 0 unspecified atom stereocenters. The van der Waals surface area contributed by atoms with Gasteiger partial charge in [0.15, 0.2) is 11.5 Å². The molecule has 1 aromatic heterocycles. The zero-order chi connectivity index (χ0) is 21.0. The van der Waals surface area contributed by atoms with E-state index in [1.807, 2.05) is 32.0 Å². The molecule has 0 amide bonds. The Labute approximate surface area is 168 Å². The van der Waals surface area contributed by atoms with Crippen LogP contribution in [-0.4, -0.2) is 35.4 Å². The van der Waals surface area contributed by atoms with Crippen LogP contribution in [0.4, 0.5) is 0 Å². The minimum Gasteiger partial charge on any atom is -0.493 e. The molecule has 0 atom stereocenters. The van der Waals surface area contributed by atoms with Gasteiger partial charge in [0.1, 0.15) is 0 Å². The number of aromatic nitrogens is 2. The molecule has 0 aliphatic carbocycles. The number of rotatable bonds is 7. The molecule has 3 rings (SSSR count). The summed E-state index contributed by atoms with van der Waals surface area (Å²) in [4.78, 5) is 15.8. The van der Waals surface area contributed by atoms with E-state index in [0.29, 0.717) is 28.5 Å². The van der Waals surface area contributed by atoms with Crippen LogP contribution in [0.5, 0.6) is 11.5 Å². The predicted octanol–water partition coefficient (Wildman–Crippen LogP) is 4.39. The molecule has 1 heterocycles. The number of aryl methyl sites for hydroxylation is 2. The van der Waals surface area contributed by atoms with E-state index in [9.17, 15) is 9.90 Å². The summed E-state index contributed by atoms with van der Waals surface area (Å²) in [6.07, 6.45) is 1.54. The predicted molar refractivity (Wildman–Crippen MR) is 109 cm³/mol. The topological polar surface area (TPSA) is 94.7 Å². The lowest BCUT2D eigenvalue weighted by Gasteiger charge is -2.07. The van der Waals surface area contributed by atoms with Crippen LogP contribution in [0.15, 0.2) is 40.9 Å². The maximum Gasteiger partial charge on any atom is 0.308 e. The molecule has 7 heteroatoms. The third kappa shape index (κ3) is 4.63. The average molecular weight is 394 g/mol. The fraction of sp³-hybridized carbons (Fsp3) is 0.227. The first-order valence-electron chi connectivity index (χ1n) is 8.97. The lowest BCUT2D eigenvalue weighted by molar-refractivity contribution is -0.135. The average Bonchev–Trinajstić information content (AvgIpc) is 3.19. The van der Waals surface area contributed by atoms with E-state index in [4.69, 9.17) is 14.0 Å². The van der Waals surface area contributed by atoms with Gasteiger partial charge in [0.25, 0.3) is 5.89 Å². The van der Waals surface area contributed by atoms with Crippen molar-refractivity contribution >= 4 is 17.6 Å². The fourth-order valence-electron chi connectivity index (χ4n) is 2.90. The zero-order valence-electron chi connectivity index (χ0n) is 16.7. The number of carboxylic acids is 1. The first-order chi connectivity index (χ1) is 13.9. The van der Waals surface area contributed by atoms with Gasteiger partial charge in [-0.3, -0.25) is 4.79 Å². The van der Waals surface area contributed by atoms with E-state index in [1.54, 1.807) is 38.5 Å². The van der Waals surface area contributed by atoms with Gasteiger partial charge in [-0.05, 0) is 49.2 Å². The molecule has 0 saturated heterocycles. The SMILES string of the molecule is COc1ccc(-c2noc(/C(=C/c3cc(C)ccc3C)CC(=O)O)n2)cc1OC. The Morgan fingerprint density at radius 1 is 1.10 bits per heavy atom. The summed E-state index contributed by atoms with van der Waals surface area (Å²) in [5.41, 5.74) is 4.11. The van der Waals surface area contributed by atoms with Gasteiger partial charge in [0.05, 0.1) is 20.6 Å². The van der Waals surface area contributed by atoms with Gasteiger partial charge in [0.2, 0.25) is 5.82 Å². The number of hydrogen-bond donors (Lipinski definition) is 1. The highest BCUT2D eigenvalue weighted by atomic mass is 16.5. The van der Waals surface area contributed by atoms with Gasteiger partial charge in [-0.25, -0.2) is 0 Å². The Hall–Kier alpha value is -3.61. The molecular weight excluding hydrogens is 372 g/mol. The van der Waals surface area contributed by atoms with E-state index in [0.717, 1.165) is 16.7 Å². The van der Waals surface area contributed by atoms with Crippen molar-refractivity contribution in [1.82, 2.24) is 10.1 Å². The van der Waals surface area contributed by atoms with Crippen molar-refractivity contribution in [1.29, 1.82) is 0 Å². The van der Waals surface area contributed by atoms with Crippen LogP contribution in [-0.2, 0) is 4.79 Å². The largest absolute Gasteiger partial charge is 0.493 e. The Balaban J connectivity index is 2.01. The number of carbonyl (C=O) groups is 1. The second-order valence-corrected chi connectivity index (χ2v) is 6.59. The second kappa shape index (κ2) is 8.60. The number of hydrogen-bond acceptors (Lipinski definition) is 6. The van der Waals surface area contributed by atoms with Crippen molar-refractivity contribution in [2.24, 2.45) is 0 Å². The molecule has 2 aromatic carbocycles. The summed E-state index contributed by atoms with van der Waals surface area (Å²) in [6.45, 7) is 3.95. The minimum absolute atomic E-state index is 0.165. The van der Waals surface area contributed by atoms with E-state index < -0.39 is 5.97 Å². The number of ether oxygens (including phenoxy) is 2. The van der Waals surface area contributed by atoms with Gasteiger partial charge < -0.3 is 19.1 Å². The van der Waals surface area contributed by atoms with Crippen molar-refractivity contribution in [2.45, 2.75) is 20.3 Å². The van der Waals surface area contributed by atoms with Gasteiger partial charge in [-0.15, -0.1) is 0 Å². The summed E-state index contributed by atoms with van der Waals surface area (Å²) in [5, 5.41) is 13.3. The summed E-state index contributed by atoms with van der Waals surface area (Å²) >= 11 is 0. The van der Waals surface area contributed by atoms with Crippen LogP contribution >= 0.6 is 0 Å². The Morgan fingerprint density at radius 3 is 2.55 bits per heavy atom. The summed E-state index contributed by atoms with van der Waals surface area (Å²) in [5.74, 6) is 0.637. The highest BCUT2D eigenvalue weighted by Crippen LogP contribution is 2.32. The first-order valence-corrected chi connectivity index (χ1v) is 8.97. The van der Waals surface area contributed by atoms with Gasteiger partial charge in [-0.2, -0.15) is 4.98 Å². The van der Waals surface area contributed by atoms with Gasteiger partial charge >= 0.3 is 5.97 Å². The maximum atomic E-state index is 11.4.